The van der Waals surface area contributed by atoms with Gasteiger partial charge in [-0.25, -0.2) is 4.98 Å². The molecule has 126 valence electrons. The second kappa shape index (κ2) is 6.60. The van der Waals surface area contributed by atoms with Crippen molar-refractivity contribution in [2.24, 2.45) is 5.92 Å². The highest BCUT2D eigenvalue weighted by Gasteiger charge is 2.21. The van der Waals surface area contributed by atoms with E-state index in [4.69, 9.17) is 9.47 Å². The van der Waals surface area contributed by atoms with Crippen LogP contribution in [0.2, 0.25) is 0 Å². The summed E-state index contributed by atoms with van der Waals surface area (Å²) in [5.41, 5.74) is 1.68. The topological polar surface area (TPSA) is 65.7 Å². The first-order valence-corrected chi connectivity index (χ1v) is 8.45. The number of hydrogen-bond acceptors (Lipinski definition) is 6. The summed E-state index contributed by atoms with van der Waals surface area (Å²) in [6, 6.07) is 5.42. The monoisotopic (exact) mass is 345 g/mol. The highest BCUT2D eigenvalue weighted by atomic mass is 32.1. The Morgan fingerprint density at radius 2 is 2.08 bits per heavy atom. The summed E-state index contributed by atoms with van der Waals surface area (Å²) in [6.07, 6.45) is 1.65. The highest BCUT2D eigenvalue weighted by Crippen LogP contribution is 2.35. The van der Waals surface area contributed by atoms with E-state index in [2.05, 4.69) is 23.9 Å². The van der Waals surface area contributed by atoms with Crippen LogP contribution in [0.5, 0.6) is 11.5 Å². The van der Waals surface area contributed by atoms with Gasteiger partial charge in [-0.05, 0) is 24.1 Å². The van der Waals surface area contributed by atoms with Gasteiger partial charge in [0.25, 0.3) is 0 Å². The molecule has 0 aliphatic rings. The molecule has 0 aliphatic carbocycles. The van der Waals surface area contributed by atoms with E-state index in [0.717, 1.165) is 17.7 Å². The maximum Gasteiger partial charge on any atom is 0.213 e. The number of carbonyl (C=O) groups is 1. The second-order valence-electron chi connectivity index (χ2n) is 5.82. The fourth-order valence-corrected chi connectivity index (χ4v) is 3.65. The van der Waals surface area contributed by atoms with Gasteiger partial charge < -0.3 is 9.47 Å². The first-order valence-electron chi connectivity index (χ1n) is 7.63. The molecule has 7 heteroatoms. The molecule has 0 unspecified atom stereocenters. The van der Waals surface area contributed by atoms with Gasteiger partial charge in [0.05, 0.1) is 14.2 Å². The summed E-state index contributed by atoms with van der Waals surface area (Å²) in [6.45, 7) is 4.27. The van der Waals surface area contributed by atoms with Crippen LogP contribution < -0.4 is 9.47 Å². The van der Waals surface area contributed by atoms with Crippen molar-refractivity contribution < 1.29 is 14.3 Å². The van der Waals surface area contributed by atoms with Crippen molar-refractivity contribution in [2.45, 2.75) is 20.3 Å². The molecular formula is C17H19N3O3S. The van der Waals surface area contributed by atoms with E-state index in [-0.39, 0.29) is 0 Å². The third-order valence-corrected chi connectivity index (χ3v) is 4.57. The van der Waals surface area contributed by atoms with Crippen molar-refractivity contribution in [3.05, 3.63) is 28.9 Å². The van der Waals surface area contributed by atoms with Crippen LogP contribution in [0.25, 0.3) is 16.2 Å². The summed E-state index contributed by atoms with van der Waals surface area (Å²) in [5.74, 6) is 1.80. The lowest BCUT2D eigenvalue weighted by Crippen LogP contribution is -1.99. The third-order valence-electron chi connectivity index (χ3n) is 3.64. The molecule has 3 rings (SSSR count). The van der Waals surface area contributed by atoms with Crippen LogP contribution in [-0.2, 0) is 6.42 Å². The Morgan fingerprint density at radius 3 is 2.71 bits per heavy atom. The minimum absolute atomic E-state index is 0.419. The van der Waals surface area contributed by atoms with Crippen LogP contribution in [0.1, 0.15) is 29.3 Å². The minimum atomic E-state index is 0.419. The number of benzene rings is 1. The zero-order valence-corrected chi connectivity index (χ0v) is 14.9. The molecule has 0 N–H and O–H groups in total. The Bertz CT molecular complexity index is 883. The molecule has 0 atom stereocenters. The number of imidazole rings is 1. The van der Waals surface area contributed by atoms with Crippen LogP contribution in [0.4, 0.5) is 0 Å². The first kappa shape index (κ1) is 16.4. The van der Waals surface area contributed by atoms with Crippen LogP contribution in [0.3, 0.4) is 0 Å². The average Bonchev–Trinajstić information content (AvgIpc) is 3.10. The van der Waals surface area contributed by atoms with Crippen molar-refractivity contribution in [3.63, 3.8) is 0 Å². The van der Waals surface area contributed by atoms with Crippen LogP contribution >= 0.6 is 11.3 Å². The van der Waals surface area contributed by atoms with Crippen LogP contribution in [0.15, 0.2) is 18.2 Å². The second-order valence-corrected chi connectivity index (χ2v) is 6.86. The maximum absolute atomic E-state index is 11.7. The Morgan fingerprint density at radius 1 is 1.29 bits per heavy atom. The summed E-state index contributed by atoms with van der Waals surface area (Å²) in [5, 5.41) is 5.51. The molecule has 0 amide bonds. The zero-order valence-electron chi connectivity index (χ0n) is 14.1. The highest BCUT2D eigenvalue weighted by molar-refractivity contribution is 7.16. The van der Waals surface area contributed by atoms with Gasteiger partial charge in [0.2, 0.25) is 4.96 Å². The molecule has 2 aromatic heterocycles. The van der Waals surface area contributed by atoms with Gasteiger partial charge in [-0.1, -0.05) is 25.2 Å². The van der Waals surface area contributed by atoms with Crippen LogP contribution in [-0.4, -0.2) is 35.1 Å². The number of nitrogens with zero attached hydrogens (tertiary/aromatic N) is 3. The SMILES string of the molecule is COc1ccc(OC)c(-c2nc3sc(CC(C)C)nn3c2C=O)c1. The van der Waals surface area contributed by atoms with Gasteiger partial charge in [-0.2, -0.15) is 9.61 Å². The molecule has 0 aliphatic heterocycles. The predicted octanol–water partition coefficient (Wildman–Crippen LogP) is 3.49. The zero-order chi connectivity index (χ0) is 17.3. The molecule has 0 fully saturated rings. The lowest BCUT2D eigenvalue weighted by Gasteiger charge is -2.09. The number of fused-ring (bicyclic) bond motifs is 1. The first-order chi connectivity index (χ1) is 11.6. The maximum atomic E-state index is 11.7. The number of hydrogen-bond donors (Lipinski definition) is 0. The number of aldehydes is 1. The molecule has 0 radical (unpaired) electrons. The standard InChI is InChI=1S/C17H19N3O3S/c1-10(2)7-15-19-20-13(9-21)16(18-17(20)24-15)12-8-11(22-3)5-6-14(12)23-4/h5-6,8-10H,7H2,1-4H3. The number of rotatable bonds is 6. The van der Waals surface area contributed by atoms with E-state index in [1.54, 1.807) is 30.9 Å². The lowest BCUT2D eigenvalue weighted by atomic mass is 10.1. The lowest BCUT2D eigenvalue weighted by molar-refractivity contribution is 0.111. The van der Waals surface area contributed by atoms with Gasteiger partial charge in [-0.3, -0.25) is 4.79 Å². The van der Waals surface area contributed by atoms with E-state index >= 15 is 0 Å². The fraction of sp³-hybridized carbons (Fsp3) is 0.353. The molecule has 0 spiro atoms. The number of carbonyl (C=O) groups excluding carboxylic acids is 1. The number of methoxy groups -OCH3 is 2. The van der Waals surface area contributed by atoms with Gasteiger partial charge in [-0.15, -0.1) is 0 Å². The fourth-order valence-electron chi connectivity index (χ4n) is 2.54. The van der Waals surface area contributed by atoms with Crippen molar-refractivity contribution in [2.75, 3.05) is 14.2 Å². The van der Waals surface area contributed by atoms with Crippen molar-refractivity contribution in [1.29, 1.82) is 0 Å². The molecule has 0 bridgehead atoms. The van der Waals surface area contributed by atoms with Crippen molar-refractivity contribution in [1.82, 2.24) is 14.6 Å². The van der Waals surface area contributed by atoms with Crippen LogP contribution in [0, 0.1) is 5.92 Å². The molecule has 0 saturated heterocycles. The third kappa shape index (κ3) is 2.87. The summed E-state index contributed by atoms with van der Waals surface area (Å²) in [7, 11) is 3.18. The van der Waals surface area contributed by atoms with Crippen molar-refractivity contribution in [3.8, 4) is 22.8 Å². The predicted molar refractivity (Wildman–Crippen MR) is 93.3 cm³/mol. The normalized spacial score (nSPS) is 11.2. The summed E-state index contributed by atoms with van der Waals surface area (Å²) < 4.78 is 12.3. The molecule has 1 aromatic carbocycles. The van der Waals surface area contributed by atoms with Gasteiger partial charge in [0.15, 0.2) is 6.29 Å². The van der Waals surface area contributed by atoms with Gasteiger partial charge in [0, 0.05) is 12.0 Å². The molecule has 24 heavy (non-hydrogen) atoms. The number of aromatic nitrogens is 3. The van der Waals surface area contributed by atoms with E-state index in [1.165, 1.54) is 11.3 Å². The molecular weight excluding hydrogens is 326 g/mol. The molecule has 2 heterocycles. The Kier molecular flexibility index (Phi) is 4.53. The smallest absolute Gasteiger partial charge is 0.213 e. The Hall–Kier alpha value is -2.41. The van der Waals surface area contributed by atoms with E-state index in [9.17, 15) is 4.79 Å². The Labute approximate surface area is 144 Å². The summed E-state index contributed by atoms with van der Waals surface area (Å²) >= 11 is 1.50. The van der Waals surface area contributed by atoms with Gasteiger partial charge >= 0.3 is 0 Å². The van der Waals surface area contributed by atoms with E-state index in [0.29, 0.717) is 39.3 Å². The van der Waals surface area contributed by atoms with E-state index in [1.807, 2.05) is 6.07 Å². The Balaban J connectivity index is 2.16. The minimum Gasteiger partial charge on any atom is -0.497 e. The molecule has 0 saturated carbocycles. The number of ether oxygens (including phenoxy) is 2. The molecule has 6 nitrogen and oxygen atoms in total. The van der Waals surface area contributed by atoms with Gasteiger partial charge in [0.1, 0.15) is 27.9 Å². The average molecular weight is 345 g/mol. The largest absolute Gasteiger partial charge is 0.497 e. The van der Waals surface area contributed by atoms with Crippen molar-refractivity contribution >= 4 is 22.6 Å². The quantitative estimate of drug-likeness (QED) is 0.640. The summed E-state index contributed by atoms with van der Waals surface area (Å²) in [4.78, 5) is 17.0. The molecule has 3 aromatic rings. The van der Waals surface area contributed by atoms with E-state index < -0.39 is 0 Å².